The molecule has 4 rings (SSSR count). The second kappa shape index (κ2) is 7.05. The molecule has 138 valence electrons. The van der Waals surface area contributed by atoms with Crippen LogP contribution in [0.2, 0.25) is 0 Å². The van der Waals surface area contributed by atoms with E-state index in [-0.39, 0.29) is 6.10 Å². The standard InChI is InChI=1S/C20H32O2.CH3F/c1-12(21)18-7-8-19-17-5-3-13-11-14(22)4-6-15(13)16(17)9-10-20(18,19)2;1-2/h13-19,22H,3-11H2,1-2H3;1H3. The van der Waals surface area contributed by atoms with Gasteiger partial charge in [0.1, 0.15) is 5.78 Å². The molecule has 0 spiro atoms. The molecule has 4 aliphatic carbocycles. The molecule has 0 aromatic carbocycles. The smallest absolute Gasteiger partial charge is 0.133 e. The first-order chi connectivity index (χ1) is 11.5. The topological polar surface area (TPSA) is 37.3 Å². The molecular weight excluding hydrogens is 303 g/mol. The van der Waals surface area contributed by atoms with Gasteiger partial charge in [0.2, 0.25) is 0 Å². The van der Waals surface area contributed by atoms with Gasteiger partial charge >= 0.3 is 0 Å². The zero-order valence-corrected chi connectivity index (χ0v) is 15.6. The van der Waals surface area contributed by atoms with E-state index < -0.39 is 0 Å². The van der Waals surface area contributed by atoms with E-state index in [2.05, 4.69) is 6.92 Å². The summed E-state index contributed by atoms with van der Waals surface area (Å²) in [6.07, 6.45) is 11.1. The molecule has 0 radical (unpaired) electrons. The van der Waals surface area contributed by atoms with E-state index in [1.54, 1.807) is 0 Å². The Hall–Kier alpha value is -0.440. The van der Waals surface area contributed by atoms with Crippen LogP contribution in [0, 0.1) is 40.9 Å². The number of rotatable bonds is 1. The first kappa shape index (κ1) is 18.4. The lowest BCUT2D eigenvalue weighted by Gasteiger charge is -2.56. The largest absolute Gasteiger partial charge is 0.393 e. The third kappa shape index (κ3) is 2.85. The molecule has 2 nitrogen and oxygen atoms in total. The molecular formula is C21H35FO2. The van der Waals surface area contributed by atoms with Gasteiger partial charge in [-0.25, -0.2) is 0 Å². The first-order valence-electron chi connectivity index (χ1n) is 10.1. The number of hydrogen-bond acceptors (Lipinski definition) is 2. The summed E-state index contributed by atoms with van der Waals surface area (Å²) in [6.45, 7) is 4.26. The van der Waals surface area contributed by atoms with E-state index in [1.165, 1.54) is 38.5 Å². The summed E-state index contributed by atoms with van der Waals surface area (Å²) in [5.41, 5.74) is 0.300. The van der Waals surface area contributed by atoms with Crippen LogP contribution in [0.5, 0.6) is 0 Å². The van der Waals surface area contributed by atoms with Crippen molar-refractivity contribution in [2.45, 2.75) is 77.7 Å². The summed E-state index contributed by atoms with van der Waals surface area (Å²) in [6, 6.07) is 0. The maximum absolute atomic E-state index is 12.1. The Morgan fingerprint density at radius 2 is 1.67 bits per heavy atom. The Labute approximate surface area is 146 Å². The maximum Gasteiger partial charge on any atom is 0.133 e. The van der Waals surface area contributed by atoms with Crippen molar-refractivity contribution < 1.29 is 14.3 Å². The molecule has 0 bridgehead atoms. The lowest BCUT2D eigenvalue weighted by atomic mass is 9.49. The summed E-state index contributed by atoms with van der Waals surface area (Å²) in [4.78, 5) is 12.1. The van der Waals surface area contributed by atoms with Crippen LogP contribution in [0.25, 0.3) is 0 Å². The number of ketones is 1. The highest BCUT2D eigenvalue weighted by molar-refractivity contribution is 5.79. The Morgan fingerprint density at radius 3 is 2.38 bits per heavy atom. The van der Waals surface area contributed by atoms with Crippen molar-refractivity contribution >= 4 is 5.78 Å². The van der Waals surface area contributed by atoms with Gasteiger partial charge in [0, 0.05) is 5.92 Å². The number of aliphatic hydroxyl groups excluding tert-OH is 1. The molecule has 0 amide bonds. The summed E-state index contributed by atoms with van der Waals surface area (Å²) < 4.78 is 9.50. The molecule has 3 heteroatoms. The molecule has 4 aliphatic rings. The molecule has 24 heavy (non-hydrogen) atoms. The Balaban J connectivity index is 0.000000815. The van der Waals surface area contributed by atoms with Crippen molar-refractivity contribution in [1.82, 2.24) is 0 Å². The van der Waals surface area contributed by atoms with Gasteiger partial charge in [0.15, 0.2) is 0 Å². The van der Waals surface area contributed by atoms with Gasteiger partial charge in [0.25, 0.3) is 0 Å². The maximum atomic E-state index is 12.1. The SMILES string of the molecule is CC(=O)C1CCC2C3CCC4CC(O)CCC4C3CCC12C.CF. The summed E-state index contributed by atoms with van der Waals surface area (Å²) in [5.74, 6) is 5.02. The van der Waals surface area contributed by atoms with Crippen LogP contribution in [0.15, 0.2) is 0 Å². The quantitative estimate of drug-likeness (QED) is 0.746. The highest BCUT2D eigenvalue weighted by Crippen LogP contribution is 2.64. The van der Waals surface area contributed by atoms with E-state index in [1.807, 2.05) is 6.92 Å². The normalized spacial score (nSPS) is 50.0. The minimum absolute atomic E-state index is 0.0276. The summed E-state index contributed by atoms with van der Waals surface area (Å²) in [5, 5.41) is 9.99. The predicted molar refractivity (Wildman–Crippen MR) is 94.3 cm³/mol. The number of fused-ring (bicyclic) bond motifs is 5. The summed E-state index contributed by atoms with van der Waals surface area (Å²) >= 11 is 0. The number of alkyl halides is 1. The molecule has 0 aromatic heterocycles. The van der Waals surface area contributed by atoms with Gasteiger partial charge < -0.3 is 5.11 Å². The van der Waals surface area contributed by atoms with E-state index >= 15 is 0 Å². The number of hydrogen-bond donors (Lipinski definition) is 1. The minimum atomic E-state index is -0.0276. The number of carbonyl (C=O) groups excluding carboxylic acids is 1. The second-order valence-corrected chi connectivity index (χ2v) is 9.19. The van der Waals surface area contributed by atoms with Gasteiger partial charge in [-0.3, -0.25) is 9.18 Å². The van der Waals surface area contributed by atoms with Gasteiger partial charge in [0.05, 0.1) is 13.3 Å². The van der Waals surface area contributed by atoms with E-state index in [9.17, 15) is 14.3 Å². The zero-order valence-electron chi connectivity index (χ0n) is 15.6. The molecule has 0 saturated heterocycles. The van der Waals surface area contributed by atoms with Crippen molar-refractivity contribution in [2.24, 2.45) is 40.9 Å². The second-order valence-electron chi connectivity index (χ2n) is 9.19. The Morgan fingerprint density at radius 1 is 0.958 bits per heavy atom. The number of halogens is 1. The van der Waals surface area contributed by atoms with Gasteiger partial charge in [-0.05, 0) is 99.7 Å². The van der Waals surface area contributed by atoms with Gasteiger partial charge in [-0.2, -0.15) is 0 Å². The molecule has 0 aliphatic heterocycles. The van der Waals surface area contributed by atoms with Crippen LogP contribution < -0.4 is 0 Å². The fraction of sp³-hybridized carbons (Fsp3) is 0.952. The molecule has 1 N–H and O–H groups in total. The summed E-state index contributed by atoms with van der Waals surface area (Å²) in [7, 11) is 0.500. The van der Waals surface area contributed by atoms with Crippen molar-refractivity contribution in [1.29, 1.82) is 0 Å². The average Bonchev–Trinajstić information content (AvgIpc) is 2.93. The van der Waals surface area contributed by atoms with Crippen molar-refractivity contribution in [3.63, 3.8) is 0 Å². The highest BCUT2D eigenvalue weighted by atomic mass is 19.1. The van der Waals surface area contributed by atoms with Gasteiger partial charge in [-0.1, -0.05) is 6.92 Å². The molecule has 4 saturated carbocycles. The molecule has 0 heterocycles. The number of aliphatic hydroxyl groups is 1. The third-order valence-corrected chi connectivity index (χ3v) is 8.42. The van der Waals surface area contributed by atoms with Crippen LogP contribution in [0.3, 0.4) is 0 Å². The lowest BCUT2D eigenvalue weighted by molar-refractivity contribution is -0.128. The minimum Gasteiger partial charge on any atom is -0.393 e. The van der Waals surface area contributed by atoms with Crippen molar-refractivity contribution in [3.8, 4) is 0 Å². The third-order valence-electron chi connectivity index (χ3n) is 8.42. The number of Topliss-reactive ketones (excluding diaryl/α,β-unsaturated/α-hetero) is 1. The average molecular weight is 339 g/mol. The molecule has 0 aromatic rings. The molecule has 8 atom stereocenters. The van der Waals surface area contributed by atoms with Crippen molar-refractivity contribution in [3.05, 3.63) is 0 Å². The van der Waals surface area contributed by atoms with Crippen LogP contribution in [-0.4, -0.2) is 24.2 Å². The fourth-order valence-corrected chi connectivity index (χ4v) is 7.50. The molecule has 8 unspecified atom stereocenters. The lowest BCUT2D eigenvalue weighted by Crippen LogP contribution is -2.49. The predicted octanol–water partition coefficient (Wildman–Crippen LogP) is 4.79. The van der Waals surface area contributed by atoms with Crippen LogP contribution >= 0.6 is 0 Å². The van der Waals surface area contributed by atoms with E-state index in [0.29, 0.717) is 24.3 Å². The van der Waals surface area contributed by atoms with Crippen molar-refractivity contribution in [2.75, 3.05) is 7.18 Å². The molecule has 4 fully saturated rings. The van der Waals surface area contributed by atoms with Gasteiger partial charge in [-0.15, -0.1) is 0 Å². The Bertz CT molecular complexity index is 465. The fourth-order valence-electron chi connectivity index (χ4n) is 7.50. The zero-order chi connectivity index (χ0) is 17.5. The van der Waals surface area contributed by atoms with Crippen LogP contribution in [-0.2, 0) is 4.79 Å². The van der Waals surface area contributed by atoms with Crippen LogP contribution in [0.4, 0.5) is 4.39 Å². The van der Waals surface area contributed by atoms with Crippen LogP contribution in [0.1, 0.15) is 71.6 Å². The first-order valence-corrected chi connectivity index (χ1v) is 10.1. The van der Waals surface area contributed by atoms with E-state index in [4.69, 9.17) is 0 Å². The van der Waals surface area contributed by atoms with E-state index in [0.717, 1.165) is 48.9 Å². The number of carbonyl (C=O) groups is 1. The monoisotopic (exact) mass is 338 g/mol. The highest BCUT2D eigenvalue weighted by Gasteiger charge is 2.57. The Kier molecular flexibility index (Phi) is 5.39.